The van der Waals surface area contributed by atoms with Crippen molar-refractivity contribution >= 4 is 5.69 Å². The summed E-state index contributed by atoms with van der Waals surface area (Å²) in [4.78, 5) is 18.9. The van der Waals surface area contributed by atoms with Crippen molar-refractivity contribution in [2.45, 2.75) is 26.8 Å². The second kappa shape index (κ2) is 5.22. The monoisotopic (exact) mass is 261 g/mol. The lowest BCUT2D eigenvalue weighted by molar-refractivity contribution is 0.628. The molecule has 0 saturated heterocycles. The van der Waals surface area contributed by atoms with E-state index in [4.69, 9.17) is 0 Å². The van der Waals surface area contributed by atoms with Crippen LogP contribution in [0.25, 0.3) is 0 Å². The molecule has 0 saturated carbocycles. The van der Waals surface area contributed by atoms with Crippen molar-refractivity contribution in [3.63, 3.8) is 0 Å². The minimum atomic E-state index is -0.288. The number of hydrogen-bond donors (Lipinski definition) is 2. The fraction of sp³-hybridized carbons (Fsp3) is 0.286. The molecule has 0 aliphatic rings. The van der Waals surface area contributed by atoms with Gasteiger partial charge >= 0.3 is 0 Å². The van der Waals surface area contributed by atoms with E-state index in [9.17, 15) is 9.18 Å². The van der Waals surface area contributed by atoms with Gasteiger partial charge in [0.25, 0.3) is 5.56 Å². The van der Waals surface area contributed by atoms with Crippen molar-refractivity contribution < 1.29 is 4.39 Å². The van der Waals surface area contributed by atoms with E-state index in [0.717, 1.165) is 5.69 Å². The molecule has 19 heavy (non-hydrogen) atoms. The molecule has 100 valence electrons. The van der Waals surface area contributed by atoms with Gasteiger partial charge in [0.05, 0.1) is 17.3 Å². The number of rotatable bonds is 3. The lowest BCUT2D eigenvalue weighted by Gasteiger charge is -2.16. The molecule has 1 aromatic carbocycles. The molecule has 2 aromatic rings. The third kappa shape index (κ3) is 2.99. The number of aryl methyl sites for hydroxylation is 2. The average molecular weight is 261 g/mol. The summed E-state index contributed by atoms with van der Waals surface area (Å²) in [5, 5.41) is 3.16. The first-order valence-electron chi connectivity index (χ1n) is 6.07. The molecular formula is C14H16FN3O. The smallest absolute Gasteiger partial charge is 0.256 e. The van der Waals surface area contributed by atoms with Crippen molar-refractivity contribution in [1.82, 2.24) is 9.97 Å². The zero-order valence-corrected chi connectivity index (χ0v) is 11.1. The van der Waals surface area contributed by atoms with Gasteiger partial charge in [-0.05, 0) is 45.0 Å². The number of H-pyrrole nitrogens is 1. The Morgan fingerprint density at radius 2 is 1.89 bits per heavy atom. The maximum atomic E-state index is 12.8. The fourth-order valence-corrected chi connectivity index (χ4v) is 2.11. The molecule has 0 fully saturated rings. The number of aromatic nitrogens is 2. The third-order valence-corrected chi connectivity index (χ3v) is 2.92. The Kier molecular flexibility index (Phi) is 3.64. The van der Waals surface area contributed by atoms with Crippen LogP contribution in [0.2, 0.25) is 0 Å². The summed E-state index contributed by atoms with van der Waals surface area (Å²) in [6.07, 6.45) is 0. The standard InChI is InChI=1S/C14H16FN3O/c1-8-13(14(19)18-10(3)16-8)9(2)17-12-6-4-11(15)5-7-12/h4-7,9,17H,1-3H3,(H,16,18,19). The molecule has 1 atom stereocenters. The molecule has 1 aromatic heterocycles. The van der Waals surface area contributed by atoms with E-state index in [-0.39, 0.29) is 17.4 Å². The van der Waals surface area contributed by atoms with E-state index in [1.807, 2.05) is 6.92 Å². The molecule has 0 aliphatic heterocycles. The van der Waals surface area contributed by atoms with E-state index in [0.29, 0.717) is 17.1 Å². The van der Waals surface area contributed by atoms with Crippen LogP contribution < -0.4 is 10.9 Å². The van der Waals surface area contributed by atoms with Crippen LogP contribution in [0.1, 0.15) is 30.0 Å². The fourth-order valence-electron chi connectivity index (χ4n) is 2.11. The number of anilines is 1. The second-order valence-electron chi connectivity index (χ2n) is 4.52. The second-order valence-corrected chi connectivity index (χ2v) is 4.52. The van der Waals surface area contributed by atoms with Crippen molar-refractivity contribution in [2.24, 2.45) is 0 Å². The van der Waals surface area contributed by atoms with Gasteiger partial charge in [-0.1, -0.05) is 0 Å². The van der Waals surface area contributed by atoms with E-state index in [1.54, 1.807) is 26.0 Å². The van der Waals surface area contributed by atoms with E-state index < -0.39 is 0 Å². The van der Waals surface area contributed by atoms with Crippen molar-refractivity contribution in [3.8, 4) is 0 Å². The maximum Gasteiger partial charge on any atom is 0.256 e. The van der Waals surface area contributed by atoms with Gasteiger partial charge in [-0.25, -0.2) is 9.37 Å². The predicted octanol–water partition coefficient (Wildman–Crippen LogP) is 2.70. The molecule has 2 rings (SSSR count). The highest BCUT2D eigenvalue weighted by molar-refractivity contribution is 5.45. The summed E-state index contributed by atoms with van der Waals surface area (Å²) in [6, 6.07) is 5.81. The molecule has 0 bridgehead atoms. The highest BCUT2D eigenvalue weighted by Crippen LogP contribution is 2.18. The Hall–Kier alpha value is -2.17. The van der Waals surface area contributed by atoms with Gasteiger partial charge in [0.2, 0.25) is 0 Å². The molecule has 1 heterocycles. The zero-order chi connectivity index (χ0) is 14.0. The molecule has 4 nitrogen and oxygen atoms in total. The Morgan fingerprint density at radius 1 is 1.26 bits per heavy atom. The Labute approximate surface area is 110 Å². The number of nitrogens with one attached hydrogen (secondary N) is 2. The number of hydrogen-bond acceptors (Lipinski definition) is 3. The lowest BCUT2D eigenvalue weighted by atomic mass is 10.1. The third-order valence-electron chi connectivity index (χ3n) is 2.92. The zero-order valence-electron chi connectivity index (χ0n) is 11.1. The quantitative estimate of drug-likeness (QED) is 0.893. The summed E-state index contributed by atoms with van der Waals surface area (Å²) in [7, 11) is 0. The van der Waals surface area contributed by atoms with Gasteiger partial charge in [0.15, 0.2) is 0 Å². The molecule has 0 radical (unpaired) electrons. The van der Waals surface area contributed by atoms with Crippen LogP contribution in [0, 0.1) is 19.7 Å². The molecular weight excluding hydrogens is 245 g/mol. The molecule has 0 amide bonds. The molecule has 2 N–H and O–H groups in total. The summed E-state index contributed by atoms with van der Waals surface area (Å²) in [5.74, 6) is 0.310. The first-order valence-corrected chi connectivity index (χ1v) is 6.07. The molecule has 1 unspecified atom stereocenters. The SMILES string of the molecule is Cc1nc(C)c(C(C)Nc2ccc(F)cc2)c(=O)[nH]1. The summed E-state index contributed by atoms with van der Waals surface area (Å²) in [6.45, 7) is 5.43. The van der Waals surface area contributed by atoms with Gasteiger partial charge in [-0.2, -0.15) is 0 Å². The van der Waals surface area contributed by atoms with Gasteiger partial charge in [0, 0.05) is 5.69 Å². The first kappa shape index (κ1) is 13.3. The van der Waals surface area contributed by atoms with Crippen molar-refractivity contribution in [2.75, 3.05) is 5.32 Å². The van der Waals surface area contributed by atoms with Crippen LogP contribution in [0.15, 0.2) is 29.1 Å². The van der Waals surface area contributed by atoms with Crippen LogP contribution in [-0.2, 0) is 0 Å². The van der Waals surface area contributed by atoms with Crippen molar-refractivity contribution in [1.29, 1.82) is 0 Å². The summed E-state index contributed by atoms with van der Waals surface area (Å²) < 4.78 is 12.8. The van der Waals surface area contributed by atoms with Gasteiger partial charge < -0.3 is 10.3 Å². The van der Waals surface area contributed by atoms with Crippen LogP contribution in [0.5, 0.6) is 0 Å². The van der Waals surface area contributed by atoms with Crippen LogP contribution in [0.4, 0.5) is 10.1 Å². The number of halogens is 1. The number of aromatic amines is 1. The minimum Gasteiger partial charge on any atom is -0.378 e. The lowest BCUT2D eigenvalue weighted by Crippen LogP contribution is -2.23. The Morgan fingerprint density at radius 3 is 2.47 bits per heavy atom. The number of benzene rings is 1. The Bertz CT molecular complexity index is 634. The number of nitrogens with zero attached hydrogens (tertiary/aromatic N) is 1. The topological polar surface area (TPSA) is 57.8 Å². The van der Waals surface area contributed by atoms with E-state index in [1.165, 1.54) is 12.1 Å². The van der Waals surface area contributed by atoms with Gasteiger partial charge in [0.1, 0.15) is 11.6 Å². The average Bonchev–Trinajstić information content (AvgIpc) is 2.30. The highest BCUT2D eigenvalue weighted by Gasteiger charge is 2.14. The molecule has 0 spiro atoms. The van der Waals surface area contributed by atoms with Gasteiger partial charge in [-0.3, -0.25) is 4.79 Å². The summed E-state index contributed by atoms with van der Waals surface area (Å²) >= 11 is 0. The minimum absolute atomic E-state index is 0.146. The predicted molar refractivity (Wildman–Crippen MR) is 72.8 cm³/mol. The van der Waals surface area contributed by atoms with E-state index >= 15 is 0 Å². The van der Waals surface area contributed by atoms with Crippen LogP contribution in [-0.4, -0.2) is 9.97 Å². The largest absolute Gasteiger partial charge is 0.378 e. The van der Waals surface area contributed by atoms with Crippen LogP contribution in [0.3, 0.4) is 0 Å². The normalized spacial score (nSPS) is 12.2. The summed E-state index contributed by atoms with van der Waals surface area (Å²) in [5.41, 5.74) is 1.90. The van der Waals surface area contributed by atoms with Gasteiger partial charge in [-0.15, -0.1) is 0 Å². The molecule has 0 aliphatic carbocycles. The van der Waals surface area contributed by atoms with Crippen LogP contribution >= 0.6 is 0 Å². The Balaban J connectivity index is 2.27. The van der Waals surface area contributed by atoms with Crippen molar-refractivity contribution in [3.05, 3.63) is 57.5 Å². The maximum absolute atomic E-state index is 12.8. The highest BCUT2D eigenvalue weighted by atomic mass is 19.1. The molecule has 5 heteroatoms. The van der Waals surface area contributed by atoms with E-state index in [2.05, 4.69) is 15.3 Å². The first-order chi connectivity index (χ1) is 8.97.